The third-order valence-electron chi connectivity index (χ3n) is 2.08. The van der Waals surface area contributed by atoms with Crippen LogP contribution in [0.4, 0.5) is 0 Å². The second kappa shape index (κ2) is 4.60. The van der Waals surface area contributed by atoms with Crippen LogP contribution in [0.1, 0.15) is 0 Å². The summed E-state index contributed by atoms with van der Waals surface area (Å²) in [7, 11) is 0. The molecule has 0 aliphatic rings. The minimum Gasteiger partial charge on any atom is -0.245 e. The Morgan fingerprint density at radius 2 is 1.94 bits per heavy atom. The Morgan fingerprint density at radius 3 is 2.76 bits per heavy atom. The molecule has 0 amide bonds. The van der Waals surface area contributed by atoms with Crippen molar-refractivity contribution in [3.8, 4) is 0 Å². The Morgan fingerprint density at radius 1 is 1.12 bits per heavy atom. The number of rotatable bonds is 2. The largest absolute Gasteiger partial charge is 0.245 e. The highest BCUT2D eigenvalue weighted by molar-refractivity contribution is 8.01. The van der Waals surface area contributed by atoms with Gasteiger partial charge in [0.05, 0.1) is 10.2 Å². The monoisotopic (exact) mass is 279 g/mol. The van der Waals surface area contributed by atoms with Gasteiger partial charge >= 0.3 is 0 Å². The second-order valence-corrected chi connectivity index (χ2v) is 5.83. The van der Waals surface area contributed by atoms with Crippen molar-refractivity contribution in [2.75, 3.05) is 0 Å². The van der Waals surface area contributed by atoms with Crippen LogP contribution >= 0.6 is 34.7 Å². The summed E-state index contributed by atoms with van der Waals surface area (Å²) in [5.41, 5.74) is 1.00. The van der Waals surface area contributed by atoms with Gasteiger partial charge in [0.25, 0.3) is 0 Å². The Kier molecular flexibility index (Phi) is 2.96. The minimum atomic E-state index is 0.414. The Balaban J connectivity index is 1.98. The lowest BCUT2D eigenvalue weighted by Gasteiger charge is -1.96. The molecule has 0 fully saturated rings. The molecular formula is C11H6ClN3S2. The van der Waals surface area contributed by atoms with Crippen LogP contribution in [0.15, 0.2) is 46.0 Å². The molecule has 3 aromatic rings. The third kappa shape index (κ3) is 2.26. The molecule has 0 radical (unpaired) electrons. The van der Waals surface area contributed by atoms with E-state index in [0.717, 1.165) is 14.6 Å². The van der Waals surface area contributed by atoms with Crippen LogP contribution < -0.4 is 0 Å². The highest BCUT2D eigenvalue weighted by Gasteiger charge is 2.09. The van der Waals surface area contributed by atoms with E-state index in [1.807, 2.05) is 18.2 Å². The first-order valence-corrected chi connectivity index (χ1v) is 6.84. The molecule has 0 aliphatic heterocycles. The highest BCUT2D eigenvalue weighted by atomic mass is 35.5. The molecule has 0 saturated carbocycles. The third-order valence-corrected chi connectivity index (χ3v) is 4.56. The van der Waals surface area contributed by atoms with Crippen LogP contribution in [0.25, 0.3) is 10.2 Å². The molecule has 17 heavy (non-hydrogen) atoms. The van der Waals surface area contributed by atoms with E-state index < -0.39 is 0 Å². The first-order valence-electron chi connectivity index (χ1n) is 4.83. The standard InChI is InChI=1S/C11H6ClN3S2/c12-9-10(14-6-5-13-9)17-11-15-7-3-1-2-4-8(7)16-11/h1-6H. The molecule has 2 heterocycles. The maximum Gasteiger partial charge on any atom is 0.161 e. The summed E-state index contributed by atoms with van der Waals surface area (Å²) in [6.45, 7) is 0. The number of nitrogens with zero attached hydrogens (tertiary/aromatic N) is 3. The summed E-state index contributed by atoms with van der Waals surface area (Å²) in [6.07, 6.45) is 3.20. The van der Waals surface area contributed by atoms with E-state index in [4.69, 9.17) is 11.6 Å². The fourth-order valence-corrected chi connectivity index (χ4v) is 3.50. The molecule has 0 bridgehead atoms. The number of hydrogen-bond donors (Lipinski definition) is 0. The van der Waals surface area contributed by atoms with E-state index in [2.05, 4.69) is 21.0 Å². The number of para-hydroxylation sites is 1. The molecule has 0 unspecified atom stereocenters. The molecule has 84 valence electrons. The van der Waals surface area contributed by atoms with E-state index >= 15 is 0 Å². The van der Waals surface area contributed by atoms with Gasteiger partial charge in [-0.3, -0.25) is 0 Å². The zero-order chi connectivity index (χ0) is 11.7. The lowest BCUT2D eigenvalue weighted by Crippen LogP contribution is -1.83. The van der Waals surface area contributed by atoms with Crippen LogP contribution in [-0.2, 0) is 0 Å². The van der Waals surface area contributed by atoms with E-state index in [1.54, 1.807) is 23.7 Å². The van der Waals surface area contributed by atoms with E-state index in [0.29, 0.717) is 10.2 Å². The van der Waals surface area contributed by atoms with Gasteiger partial charge in [-0.05, 0) is 23.9 Å². The zero-order valence-electron chi connectivity index (χ0n) is 8.50. The smallest absolute Gasteiger partial charge is 0.161 e. The average Bonchev–Trinajstić information content (AvgIpc) is 2.74. The molecule has 3 rings (SSSR count). The molecule has 2 aromatic heterocycles. The first-order chi connectivity index (χ1) is 8.33. The van der Waals surface area contributed by atoms with Crippen molar-refractivity contribution in [3.05, 3.63) is 41.8 Å². The van der Waals surface area contributed by atoms with Crippen LogP contribution in [0, 0.1) is 0 Å². The fourth-order valence-electron chi connectivity index (χ4n) is 1.35. The van der Waals surface area contributed by atoms with Crippen molar-refractivity contribution in [2.45, 2.75) is 9.37 Å². The van der Waals surface area contributed by atoms with Crippen molar-refractivity contribution < 1.29 is 0 Å². The first kappa shape index (κ1) is 11.0. The summed E-state index contributed by atoms with van der Waals surface area (Å²) in [6, 6.07) is 8.03. The van der Waals surface area contributed by atoms with Gasteiger partial charge in [-0.1, -0.05) is 23.7 Å². The molecule has 0 aliphatic carbocycles. The minimum absolute atomic E-state index is 0.414. The second-order valence-electron chi connectivity index (χ2n) is 3.20. The number of benzene rings is 1. The van der Waals surface area contributed by atoms with Gasteiger partial charge in [-0.2, -0.15) is 0 Å². The van der Waals surface area contributed by atoms with Crippen LogP contribution in [0.3, 0.4) is 0 Å². The maximum atomic E-state index is 5.96. The molecule has 1 aromatic carbocycles. The number of aromatic nitrogens is 3. The summed E-state index contributed by atoms with van der Waals surface area (Å²) < 4.78 is 2.09. The maximum absolute atomic E-state index is 5.96. The SMILES string of the molecule is Clc1nccnc1Sc1nc2ccccc2s1. The van der Waals surface area contributed by atoms with Gasteiger partial charge in [0, 0.05) is 12.4 Å². The molecule has 6 heteroatoms. The van der Waals surface area contributed by atoms with Gasteiger partial charge < -0.3 is 0 Å². The fraction of sp³-hybridized carbons (Fsp3) is 0. The highest BCUT2D eigenvalue weighted by Crippen LogP contribution is 2.35. The Bertz CT molecular complexity index is 635. The molecule has 0 spiro atoms. The lowest BCUT2D eigenvalue weighted by molar-refractivity contribution is 1.05. The van der Waals surface area contributed by atoms with Gasteiger partial charge in [0.15, 0.2) is 9.49 Å². The van der Waals surface area contributed by atoms with E-state index in [9.17, 15) is 0 Å². The number of hydrogen-bond acceptors (Lipinski definition) is 5. The molecule has 3 nitrogen and oxygen atoms in total. The molecule has 0 N–H and O–H groups in total. The van der Waals surface area contributed by atoms with Crippen LogP contribution in [0.5, 0.6) is 0 Å². The van der Waals surface area contributed by atoms with Crippen molar-refractivity contribution in [1.29, 1.82) is 0 Å². The molecule has 0 atom stereocenters. The van der Waals surface area contributed by atoms with Gasteiger partial charge in [0.2, 0.25) is 0 Å². The molecular weight excluding hydrogens is 274 g/mol. The lowest BCUT2D eigenvalue weighted by atomic mass is 10.3. The summed E-state index contributed by atoms with van der Waals surface area (Å²) in [4.78, 5) is 12.7. The molecule has 0 saturated heterocycles. The normalized spacial score (nSPS) is 10.9. The van der Waals surface area contributed by atoms with Crippen molar-refractivity contribution in [3.63, 3.8) is 0 Å². The summed E-state index contributed by atoms with van der Waals surface area (Å²) in [5.74, 6) is 0. The van der Waals surface area contributed by atoms with E-state index in [-0.39, 0.29) is 0 Å². The van der Waals surface area contributed by atoms with Gasteiger partial charge in [-0.15, -0.1) is 11.3 Å². The number of thiazole rings is 1. The van der Waals surface area contributed by atoms with Crippen molar-refractivity contribution in [1.82, 2.24) is 15.0 Å². The number of halogens is 1. The average molecular weight is 280 g/mol. The predicted octanol–water partition coefficient (Wildman–Crippen LogP) is 3.89. The van der Waals surface area contributed by atoms with Crippen LogP contribution in [-0.4, -0.2) is 15.0 Å². The Labute approximate surface area is 111 Å². The topological polar surface area (TPSA) is 38.7 Å². The van der Waals surface area contributed by atoms with E-state index in [1.165, 1.54) is 11.8 Å². The Hall–Kier alpha value is -1.17. The predicted molar refractivity (Wildman–Crippen MR) is 70.8 cm³/mol. The van der Waals surface area contributed by atoms with Gasteiger partial charge in [0.1, 0.15) is 5.03 Å². The quantitative estimate of drug-likeness (QED) is 0.713. The number of fused-ring (bicyclic) bond motifs is 1. The zero-order valence-corrected chi connectivity index (χ0v) is 10.9. The van der Waals surface area contributed by atoms with Crippen molar-refractivity contribution >= 4 is 44.9 Å². The summed E-state index contributed by atoms with van der Waals surface area (Å²) in [5, 5.41) is 1.10. The van der Waals surface area contributed by atoms with Gasteiger partial charge in [-0.25, -0.2) is 15.0 Å². The van der Waals surface area contributed by atoms with Crippen LogP contribution in [0.2, 0.25) is 5.15 Å². The summed E-state index contributed by atoms with van der Waals surface area (Å²) >= 11 is 9.02. The van der Waals surface area contributed by atoms with Crippen molar-refractivity contribution in [2.24, 2.45) is 0 Å².